The molecule has 0 aliphatic carbocycles. The molecular weight excluding hydrogens is 308 g/mol. The van der Waals surface area contributed by atoms with Crippen molar-refractivity contribution in [3.8, 4) is 0 Å². The van der Waals surface area contributed by atoms with Crippen LogP contribution in [0.5, 0.6) is 0 Å². The summed E-state index contributed by atoms with van der Waals surface area (Å²) < 4.78 is 17.3. The van der Waals surface area contributed by atoms with E-state index < -0.39 is 5.79 Å². The van der Waals surface area contributed by atoms with E-state index in [0.717, 1.165) is 38.0 Å². The Labute approximate surface area is 144 Å². The molecule has 0 spiro atoms. The second-order valence-electron chi connectivity index (χ2n) is 7.37. The lowest BCUT2D eigenvalue weighted by Gasteiger charge is -2.40. The summed E-state index contributed by atoms with van der Waals surface area (Å²) >= 11 is 0. The standard InChI is InChI=1S/C18H30N2O4/c1-13(2)16-14(6-8-22-16)11-19-17(21)20-7-4-5-15(12-20)18(3)23-9-10-24-18/h14-16H,1,4-12H2,2-3H3,(H,19,21)/t14-,15+,16-/m0/s1. The number of carbonyl (C=O) groups is 1. The Morgan fingerprint density at radius 2 is 2.04 bits per heavy atom. The minimum atomic E-state index is -0.538. The summed E-state index contributed by atoms with van der Waals surface area (Å²) in [5, 5.41) is 3.09. The molecule has 1 N–H and O–H groups in total. The lowest BCUT2D eigenvalue weighted by atomic mass is 9.90. The number of hydrogen-bond acceptors (Lipinski definition) is 4. The molecule has 3 aliphatic heterocycles. The van der Waals surface area contributed by atoms with Crippen LogP contribution in [-0.2, 0) is 14.2 Å². The second-order valence-corrected chi connectivity index (χ2v) is 7.37. The van der Waals surface area contributed by atoms with Crippen LogP contribution in [-0.4, -0.2) is 62.3 Å². The van der Waals surface area contributed by atoms with E-state index in [1.165, 1.54) is 0 Å². The molecule has 136 valence electrons. The van der Waals surface area contributed by atoms with Crippen LogP contribution < -0.4 is 5.32 Å². The first-order valence-electron chi connectivity index (χ1n) is 9.07. The molecule has 3 heterocycles. The van der Waals surface area contributed by atoms with Crippen molar-refractivity contribution in [1.29, 1.82) is 0 Å². The smallest absolute Gasteiger partial charge is 0.317 e. The molecule has 0 radical (unpaired) electrons. The summed E-state index contributed by atoms with van der Waals surface area (Å²) in [5.41, 5.74) is 1.04. The SMILES string of the molecule is C=C(C)[C@@H]1OCC[C@H]1CNC(=O)N1CCC[C@@H](C2(C)OCCO2)C1. The van der Waals surface area contributed by atoms with Crippen LogP contribution in [0.2, 0.25) is 0 Å². The van der Waals surface area contributed by atoms with Gasteiger partial charge in [-0.25, -0.2) is 4.79 Å². The molecule has 24 heavy (non-hydrogen) atoms. The number of nitrogens with zero attached hydrogens (tertiary/aromatic N) is 1. The quantitative estimate of drug-likeness (QED) is 0.798. The van der Waals surface area contributed by atoms with E-state index in [1.54, 1.807) is 0 Å². The molecular formula is C18H30N2O4. The van der Waals surface area contributed by atoms with E-state index in [-0.39, 0.29) is 18.1 Å². The van der Waals surface area contributed by atoms with Crippen molar-refractivity contribution in [2.24, 2.45) is 11.8 Å². The van der Waals surface area contributed by atoms with Gasteiger partial charge in [-0.1, -0.05) is 12.2 Å². The van der Waals surface area contributed by atoms with Gasteiger partial charge in [0.15, 0.2) is 5.79 Å². The van der Waals surface area contributed by atoms with Crippen molar-refractivity contribution in [3.63, 3.8) is 0 Å². The van der Waals surface area contributed by atoms with Gasteiger partial charge in [-0.2, -0.15) is 0 Å². The van der Waals surface area contributed by atoms with Crippen molar-refractivity contribution in [2.75, 3.05) is 39.5 Å². The van der Waals surface area contributed by atoms with Crippen molar-refractivity contribution < 1.29 is 19.0 Å². The van der Waals surface area contributed by atoms with Crippen molar-refractivity contribution >= 4 is 6.03 Å². The molecule has 2 amide bonds. The molecule has 3 rings (SSSR count). The summed E-state index contributed by atoms with van der Waals surface area (Å²) in [6.07, 6.45) is 3.06. The summed E-state index contributed by atoms with van der Waals surface area (Å²) in [6, 6.07) is 0.00802. The highest BCUT2D eigenvalue weighted by molar-refractivity contribution is 5.74. The molecule has 0 aromatic carbocycles. The average Bonchev–Trinajstić information content (AvgIpc) is 3.22. The normalized spacial score (nSPS) is 32.8. The third-order valence-corrected chi connectivity index (χ3v) is 5.53. The molecule has 0 aromatic rings. The predicted octanol–water partition coefficient (Wildman–Crippen LogP) is 2.15. The number of piperidine rings is 1. The van der Waals surface area contributed by atoms with E-state index in [0.29, 0.717) is 32.2 Å². The van der Waals surface area contributed by atoms with Gasteiger partial charge in [0.2, 0.25) is 0 Å². The highest BCUT2D eigenvalue weighted by Crippen LogP contribution is 2.34. The Morgan fingerprint density at radius 3 is 2.75 bits per heavy atom. The first kappa shape index (κ1) is 17.7. The molecule has 0 aromatic heterocycles. The van der Waals surface area contributed by atoms with Crippen molar-refractivity contribution in [1.82, 2.24) is 10.2 Å². The predicted molar refractivity (Wildman–Crippen MR) is 90.7 cm³/mol. The molecule has 3 atom stereocenters. The van der Waals surface area contributed by atoms with Crippen molar-refractivity contribution in [3.05, 3.63) is 12.2 Å². The number of rotatable bonds is 4. The average molecular weight is 338 g/mol. The zero-order valence-electron chi connectivity index (χ0n) is 14.9. The maximum absolute atomic E-state index is 12.6. The number of hydrogen-bond donors (Lipinski definition) is 1. The van der Waals surface area contributed by atoms with Crippen LogP contribution in [0.25, 0.3) is 0 Å². The molecule has 6 nitrogen and oxygen atoms in total. The minimum Gasteiger partial charge on any atom is -0.374 e. The zero-order chi connectivity index (χ0) is 17.2. The summed E-state index contributed by atoms with van der Waals surface area (Å²) in [4.78, 5) is 14.5. The van der Waals surface area contributed by atoms with Gasteiger partial charge in [-0.15, -0.1) is 0 Å². The van der Waals surface area contributed by atoms with Crippen LogP contribution in [0.3, 0.4) is 0 Å². The van der Waals surface area contributed by atoms with E-state index in [1.807, 2.05) is 18.7 Å². The fourth-order valence-corrected chi connectivity index (χ4v) is 4.07. The second kappa shape index (κ2) is 7.42. The molecule has 0 bridgehead atoms. The van der Waals surface area contributed by atoms with Gasteiger partial charge in [0.05, 0.1) is 19.3 Å². The Kier molecular flexibility index (Phi) is 5.47. The fourth-order valence-electron chi connectivity index (χ4n) is 4.07. The molecule has 0 saturated carbocycles. The molecule has 3 saturated heterocycles. The number of urea groups is 1. The highest BCUT2D eigenvalue weighted by atomic mass is 16.7. The van der Waals surface area contributed by atoms with Gasteiger partial charge in [0.25, 0.3) is 0 Å². The molecule has 3 fully saturated rings. The molecule has 0 unspecified atom stereocenters. The maximum Gasteiger partial charge on any atom is 0.317 e. The highest BCUT2D eigenvalue weighted by Gasteiger charge is 2.42. The largest absolute Gasteiger partial charge is 0.374 e. The zero-order valence-corrected chi connectivity index (χ0v) is 14.9. The van der Waals surface area contributed by atoms with E-state index in [9.17, 15) is 4.79 Å². The maximum atomic E-state index is 12.6. The third-order valence-electron chi connectivity index (χ3n) is 5.53. The van der Waals surface area contributed by atoms with E-state index in [2.05, 4.69) is 11.9 Å². The van der Waals surface area contributed by atoms with Crippen molar-refractivity contribution in [2.45, 2.75) is 45.0 Å². The van der Waals surface area contributed by atoms with E-state index >= 15 is 0 Å². The lowest BCUT2D eigenvalue weighted by Crippen LogP contribution is -2.52. The minimum absolute atomic E-state index is 0.00802. The summed E-state index contributed by atoms with van der Waals surface area (Å²) in [5.74, 6) is 0.0204. The lowest BCUT2D eigenvalue weighted by molar-refractivity contribution is -0.189. The molecule has 6 heteroatoms. The first-order valence-corrected chi connectivity index (χ1v) is 9.07. The molecule has 3 aliphatic rings. The third kappa shape index (κ3) is 3.76. The Hall–Kier alpha value is -1.11. The number of likely N-dealkylation sites (tertiary alicyclic amines) is 1. The van der Waals surface area contributed by atoms with Gasteiger partial charge in [0.1, 0.15) is 0 Å². The summed E-state index contributed by atoms with van der Waals surface area (Å²) in [7, 11) is 0. The number of amides is 2. The van der Waals surface area contributed by atoms with Gasteiger partial charge < -0.3 is 24.4 Å². The Morgan fingerprint density at radius 1 is 1.29 bits per heavy atom. The van der Waals surface area contributed by atoms with Gasteiger partial charge in [0, 0.05) is 38.1 Å². The van der Waals surface area contributed by atoms with Crippen LogP contribution in [0, 0.1) is 11.8 Å². The summed E-state index contributed by atoms with van der Waals surface area (Å²) in [6.45, 7) is 12.1. The Balaban J connectivity index is 1.50. The van der Waals surface area contributed by atoms with Crippen LogP contribution >= 0.6 is 0 Å². The van der Waals surface area contributed by atoms with Gasteiger partial charge in [-0.3, -0.25) is 0 Å². The van der Waals surface area contributed by atoms with Crippen LogP contribution in [0.15, 0.2) is 12.2 Å². The monoisotopic (exact) mass is 338 g/mol. The van der Waals surface area contributed by atoms with Crippen LogP contribution in [0.4, 0.5) is 4.79 Å². The topological polar surface area (TPSA) is 60.0 Å². The fraction of sp³-hybridized carbons (Fsp3) is 0.833. The van der Waals surface area contributed by atoms with E-state index in [4.69, 9.17) is 14.2 Å². The van der Waals surface area contributed by atoms with Gasteiger partial charge >= 0.3 is 6.03 Å². The first-order chi connectivity index (χ1) is 11.5. The van der Waals surface area contributed by atoms with Gasteiger partial charge in [-0.05, 0) is 33.1 Å². The van der Waals surface area contributed by atoms with Crippen LogP contribution in [0.1, 0.15) is 33.1 Å². The Bertz CT molecular complexity index is 476. The number of ether oxygens (including phenoxy) is 3. The number of nitrogens with one attached hydrogen (secondary N) is 1. The number of carbonyl (C=O) groups excluding carboxylic acids is 1.